The van der Waals surface area contributed by atoms with Crippen LogP contribution in [0.15, 0.2) is 6.33 Å². The van der Waals surface area contributed by atoms with Gasteiger partial charge in [-0.1, -0.05) is 6.92 Å². The van der Waals surface area contributed by atoms with Gasteiger partial charge in [0.2, 0.25) is 0 Å². The molecule has 110 valence electrons. The number of nitrogens with zero attached hydrogens (tertiary/aromatic N) is 2. The Hall–Kier alpha value is -2.12. The molecule has 1 aromatic rings. The van der Waals surface area contributed by atoms with Crippen molar-refractivity contribution in [2.45, 2.75) is 44.7 Å². The first kappa shape index (κ1) is 14.3. The van der Waals surface area contributed by atoms with Crippen molar-refractivity contribution in [2.24, 2.45) is 5.92 Å². The van der Waals surface area contributed by atoms with Gasteiger partial charge in [-0.3, -0.25) is 5.10 Å². The summed E-state index contributed by atoms with van der Waals surface area (Å²) in [6.07, 6.45) is 3.86. The number of hydrogen-bond donors (Lipinski definition) is 4. The molecule has 0 saturated heterocycles. The van der Waals surface area contributed by atoms with E-state index in [9.17, 15) is 14.7 Å². The van der Waals surface area contributed by atoms with Crippen molar-refractivity contribution in [3.05, 3.63) is 12.2 Å². The summed E-state index contributed by atoms with van der Waals surface area (Å²) in [5, 5.41) is 20.9. The van der Waals surface area contributed by atoms with E-state index < -0.39 is 17.5 Å². The molecule has 0 aromatic carbocycles. The largest absolute Gasteiger partial charge is 0.480 e. The molecule has 1 aliphatic carbocycles. The highest BCUT2D eigenvalue weighted by molar-refractivity contribution is 5.86. The second-order valence-corrected chi connectivity index (χ2v) is 5.31. The van der Waals surface area contributed by atoms with Crippen LogP contribution in [0.3, 0.4) is 0 Å². The van der Waals surface area contributed by atoms with Crippen LogP contribution < -0.4 is 10.6 Å². The fraction of sp³-hybridized carbons (Fsp3) is 0.667. The number of rotatable bonds is 4. The van der Waals surface area contributed by atoms with Gasteiger partial charge in [0.25, 0.3) is 0 Å². The number of amides is 2. The smallest absolute Gasteiger partial charge is 0.329 e. The average molecular weight is 281 g/mol. The molecule has 20 heavy (non-hydrogen) atoms. The van der Waals surface area contributed by atoms with E-state index in [4.69, 9.17) is 0 Å². The summed E-state index contributed by atoms with van der Waals surface area (Å²) < 4.78 is 0. The number of hydrogen-bond acceptors (Lipinski definition) is 4. The minimum atomic E-state index is -1.15. The quantitative estimate of drug-likeness (QED) is 0.645. The predicted molar refractivity (Wildman–Crippen MR) is 69.8 cm³/mol. The number of carboxylic acid groups (broad SMARTS) is 1. The van der Waals surface area contributed by atoms with Crippen LogP contribution in [0.5, 0.6) is 0 Å². The predicted octanol–water partition coefficient (Wildman–Crippen LogP) is 0.637. The number of urea groups is 1. The van der Waals surface area contributed by atoms with Crippen molar-refractivity contribution in [1.82, 2.24) is 25.8 Å². The summed E-state index contributed by atoms with van der Waals surface area (Å²) in [6.45, 7) is 2.27. The molecule has 2 rings (SSSR count). The van der Waals surface area contributed by atoms with E-state index in [0.29, 0.717) is 24.6 Å². The lowest BCUT2D eigenvalue weighted by molar-refractivity contribution is -0.146. The number of carbonyl (C=O) groups is 2. The maximum atomic E-state index is 11.9. The fourth-order valence-corrected chi connectivity index (χ4v) is 2.39. The third-order valence-electron chi connectivity index (χ3n) is 3.77. The standard InChI is InChI=1S/C12H19N5O3/c1-8-2-4-12(5-3-8,10(18)19)16-11(20)13-6-9-14-7-15-17-9/h7-8H,2-6H2,1H3,(H,18,19)(H2,13,16,20)(H,14,15,17). The van der Waals surface area contributed by atoms with E-state index >= 15 is 0 Å². The van der Waals surface area contributed by atoms with Crippen LogP contribution in [0.2, 0.25) is 0 Å². The molecular weight excluding hydrogens is 262 g/mol. The monoisotopic (exact) mass is 281 g/mol. The number of aromatic nitrogens is 3. The van der Waals surface area contributed by atoms with Crippen LogP contribution in [0.4, 0.5) is 4.79 Å². The Labute approximate surface area is 116 Å². The Morgan fingerprint density at radius 2 is 2.20 bits per heavy atom. The Kier molecular flexibility index (Phi) is 4.21. The third kappa shape index (κ3) is 3.25. The summed E-state index contributed by atoms with van der Waals surface area (Å²) >= 11 is 0. The molecule has 1 heterocycles. The van der Waals surface area contributed by atoms with E-state index in [0.717, 1.165) is 12.8 Å². The lowest BCUT2D eigenvalue weighted by Gasteiger charge is -2.36. The zero-order valence-electron chi connectivity index (χ0n) is 11.3. The molecule has 0 atom stereocenters. The van der Waals surface area contributed by atoms with Gasteiger partial charge in [-0.15, -0.1) is 0 Å². The van der Waals surface area contributed by atoms with Gasteiger partial charge in [-0.25, -0.2) is 14.6 Å². The van der Waals surface area contributed by atoms with E-state index in [-0.39, 0.29) is 6.54 Å². The zero-order chi connectivity index (χ0) is 14.6. The molecule has 0 radical (unpaired) electrons. The molecule has 1 aromatic heterocycles. The van der Waals surface area contributed by atoms with Crippen LogP contribution in [0.1, 0.15) is 38.4 Å². The molecule has 8 heteroatoms. The van der Waals surface area contributed by atoms with Crippen LogP contribution in [0.25, 0.3) is 0 Å². The van der Waals surface area contributed by atoms with Crippen molar-refractivity contribution < 1.29 is 14.7 Å². The minimum absolute atomic E-state index is 0.179. The van der Waals surface area contributed by atoms with E-state index in [1.54, 1.807) is 0 Å². The molecule has 1 saturated carbocycles. The lowest BCUT2D eigenvalue weighted by atomic mass is 9.77. The highest BCUT2D eigenvalue weighted by atomic mass is 16.4. The van der Waals surface area contributed by atoms with Gasteiger partial charge in [0.15, 0.2) is 0 Å². The van der Waals surface area contributed by atoms with Gasteiger partial charge in [0.05, 0.1) is 6.54 Å². The maximum Gasteiger partial charge on any atom is 0.329 e. The van der Waals surface area contributed by atoms with Crippen molar-refractivity contribution in [2.75, 3.05) is 0 Å². The van der Waals surface area contributed by atoms with E-state index in [1.807, 2.05) is 0 Å². The summed E-state index contributed by atoms with van der Waals surface area (Å²) in [7, 11) is 0. The number of carbonyl (C=O) groups excluding carboxylic acids is 1. The molecule has 0 spiro atoms. The van der Waals surface area contributed by atoms with Crippen LogP contribution in [-0.2, 0) is 11.3 Å². The highest BCUT2D eigenvalue weighted by Crippen LogP contribution is 2.32. The molecule has 0 aliphatic heterocycles. The van der Waals surface area contributed by atoms with Crippen molar-refractivity contribution >= 4 is 12.0 Å². The Morgan fingerprint density at radius 1 is 1.50 bits per heavy atom. The van der Waals surface area contributed by atoms with Gasteiger partial charge in [-0.2, -0.15) is 5.10 Å². The first-order chi connectivity index (χ1) is 9.52. The summed E-state index contributed by atoms with van der Waals surface area (Å²) in [5.74, 6) is 0.0440. The van der Waals surface area contributed by atoms with Crippen molar-refractivity contribution in [3.63, 3.8) is 0 Å². The summed E-state index contributed by atoms with van der Waals surface area (Å²) in [6, 6.07) is -0.502. The second kappa shape index (κ2) is 5.89. The van der Waals surface area contributed by atoms with Crippen molar-refractivity contribution in [3.8, 4) is 0 Å². The Balaban J connectivity index is 1.91. The Bertz CT molecular complexity index is 465. The summed E-state index contributed by atoms with van der Waals surface area (Å²) in [5.41, 5.74) is -1.15. The van der Waals surface area contributed by atoms with Gasteiger partial charge in [-0.05, 0) is 31.6 Å². The molecule has 4 N–H and O–H groups in total. The lowest BCUT2D eigenvalue weighted by Crippen LogP contribution is -2.58. The molecule has 0 unspecified atom stereocenters. The number of carboxylic acids is 1. The van der Waals surface area contributed by atoms with Gasteiger partial charge in [0.1, 0.15) is 17.7 Å². The molecule has 1 fully saturated rings. The average Bonchev–Trinajstić information content (AvgIpc) is 2.92. The van der Waals surface area contributed by atoms with Gasteiger partial charge < -0.3 is 15.7 Å². The van der Waals surface area contributed by atoms with Gasteiger partial charge in [0, 0.05) is 0 Å². The first-order valence-corrected chi connectivity index (χ1v) is 6.65. The third-order valence-corrected chi connectivity index (χ3v) is 3.77. The Morgan fingerprint density at radius 3 is 2.75 bits per heavy atom. The molecule has 2 amide bonds. The van der Waals surface area contributed by atoms with E-state index in [2.05, 4.69) is 32.7 Å². The van der Waals surface area contributed by atoms with Crippen LogP contribution in [0, 0.1) is 5.92 Å². The van der Waals surface area contributed by atoms with E-state index in [1.165, 1.54) is 6.33 Å². The first-order valence-electron chi connectivity index (χ1n) is 6.65. The van der Waals surface area contributed by atoms with Crippen molar-refractivity contribution in [1.29, 1.82) is 0 Å². The minimum Gasteiger partial charge on any atom is -0.480 e. The van der Waals surface area contributed by atoms with Crippen LogP contribution in [-0.4, -0.2) is 37.8 Å². The molecule has 1 aliphatic rings. The summed E-state index contributed by atoms with van der Waals surface area (Å²) in [4.78, 5) is 27.2. The SMILES string of the molecule is CC1CCC(NC(=O)NCc2ncn[nH]2)(C(=O)O)CC1. The number of H-pyrrole nitrogens is 1. The molecule has 8 nitrogen and oxygen atoms in total. The highest BCUT2D eigenvalue weighted by Gasteiger charge is 2.42. The maximum absolute atomic E-state index is 11.9. The topological polar surface area (TPSA) is 120 Å². The normalized spacial score (nSPS) is 25.9. The zero-order valence-corrected chi connectivity index (χ0v) is 11.3. The second-order valence-electron chi connectivity index (χ2n) is 5.31. The number of aromatic amines is 1. The van der Waals surface area contributed by atoms with Crippen LogP contribution >= 0.6 is 0 Å². The fourth-order valence-electron chi connectivity index (χ4n) is 2.39. The van der Waals surface area contributed by atoms with Gasteiger partial charge >= 0.3 is 12.0 Å². The molecule has 0 bridgehead atoms. The molecular formula is C12H19N5O3. The number of nitrogens with one attached hydrogen (secondary N) is 3. The number of aliphatic carboxylic acids is 1.